The van der Waals surface area contributed by atoms with Crippen LogP contribution in [-0.2, 0) is 4.79 Å². The van der Waals surface area contributed by atoms with Crippen LogP contribution in [0.5, 0.6) is 0 Å². The van der Waals surface area contributed by atoms with E-state index >= 15 is 0 Å². The fourth-order valence-corrected chi connectivity index (χ4v) is 7.55. The highest BCUT2D eigenvalue weighted by molar-refractivity contribution is 8.00. The van der Waals surface area contributed by atoms with E-state index in [1.807, 2.05) is 96.8 Å². The smallest absolute Gasteiger partial charge is 0.307 e. The Labute approximate surface area is 244 Å². The van der Waals surface area contributed by atoms with Crippen molar-refractivity contribution in [3.63, 3.8) is 0 Å². The lowest BCUT2D eigenvalue weighted by Crippen LogP contribution is -2.49. The lowest BCUT2D eigenvalue weighted by atomic mass is 10.1. The number of allylic oxidation sites excluding steroid dienone is 2. The van der Waals surface area contributed by atoms with Crippen LogP contribution in [0.2, 0.25) is 0 Å². The first-order valence-corrected chi connectivity index (χ1v) is 15.3. The van der Waals surface area contributed by atoms with Crippen LogP contribution in [0.25, 0.3) is 0 Å². The molecule has 0 radical (unpaired) electrons. The van der Waals surface area contributed by atoms with Gasteiger partial charge in [-0.15, -0.1) is 33.7 Å². The number of amides is 3. The molecule has 3 unspecified atom stereocenters. The van der Waals surface area contributed by atoms with Crippen molar-refractivity contribution in [1.29, 1.82) is 0 Å². The molecule has 200 valence electrons. The van der Waals surface area contributed by atoms with Gasteiger partial charge < -0.3 is 5.32 Å². The number of urea groups is 1. The van der Waals surface area contributed by atoms with Crippen molar-refractivity contribution in [3.8, 4) is 0 Å². The Kier molecular flexibility index (Phi) is 7.72. The van der Waals surface area contributed by atoms with Gasteiger partial charge in [0.25, 0.3) is 0 Å². The summed E-state index contributed by atoms with van der Waals surface area (Å²) in [6.45, 7) is 1.85. The van der Waals surface area contributed by atoms with Crippen molar-refractivity contribution in [2.24, 2.45) is 0 Å². The van der Waals surface area contributed by atoms with E-state index in [1.54, 1.807) is 11.8 Å². The van der Waals surface area contributed by atoms with Crippen LogP contribution in [0, 0.1) is 6.92 Å². The number of para-hydroxylation sites is 1. The number of nitrogens with zero attached hydrogens (tertiary/aromatic N) is 3. The van der Waals surface area contributed by atoms with Crippen LogP contribution in [0.3, 0.4) is 0 Å². The Balaban J connectivity index is 1.23. The first-order valence-electron chi connectivity index (χ1n) is 12.7. The second kappa shape index (κ2) is 11.7. The van der Waals surface area contributed by atoms with Crippen LogP contribution < -0.4 is 15.5 Å². The molecule has 2 N–H and O–H groups in total. The van der Waals surface area contributed by atoms with Crippen LogP contribution in [0.15, 0.2) is 113 Å². The standard InChI is InChI=1S/C30H25N5O2S3/c1-19-33-34-29(38-19)32-28(36)27(20-10-3-2-4-11-20)39-22-13-9-12-21(18-22)31-30(37)35-23-14-5-7-16-25(23)40-26-17-8-6-15-24(26)35/h2-18,23,25,27H,1H3,(H,31,37)(H,32,34,36). The molecule has 1 aromatic heterocycles. The molecule has 0 saturated carbocycles. The number of hydrogen-bond acceptors (Lipinski definition) is 7. The third-order valence-corrected chi connectivity index (χ3v) is 9.71. The average Bonchev–Trinajstić information content (AvgIpc) is 3.39. The van der Waals surface area contributed by atoms with E-state index in [1.165, 1.54) is 23.1 Å². The molecule has 0 bridgehead atoms. The number of nitrogens with one attached hydrogen (secondary N) is 2. The van der Waals surface area contributed by atoms with Crippen molar-refractivity contribution in [2.45, 2.75) is 33.3 Å². The second-order valence-corrected chi connectivity index (χ2v) is 12.7. The van der Waals surface area contributed by atoms with Crippen molar-refractivity contribution < 1.29 is 9.59 Å². The number of rotatable bonds is 6. The predicted octanol–water partition coefficient (Wildman–Crippen LogP) is 7.33. The molecular weight excluding hydrogens is 559 g/mol. The third kappa shape index (κ3) is 5.70. The summed E-state index contributed by atoms with van der Waals surface area (Å²) >= 11 is 4.52. The van der Waals surface area contributed by atoms with Crippen LogP contribution in [0.4, 0.5) is 21.3 Å². The molecule has 1 aliphatic carbocycles. The topological polar surface area (TPSA) is 87.2 Å². The fourth-order valence-electron chi connectivity index (χ4n) is 4.61. The number of thioether (sulfide) groups is 2. The number of aromatic nitrogens is 2. The zero-order valence-electron chi connectivity index (χ0n) is 21.4. The zero-order chi connectivity index (χ0) is 27.5. The summed E-state index contributed by atoms with van der Waals surface area (Å²) in [5, 5.41) is 14.9. The number of carbonyl (C=O) groups is 2. The SMILES string of the molecule is Cc1nnc(NC(=O)C(Sc2cccc(NC(=O)N3c4ccccc4SC4C=CC=CC43)c2)c2ccccc2)s1. The monoisotopic (exact) mass is 583 g/mol. The van der Waals surface area contributed by atoms with E-state index in [4.69, 9.17) is 0 Å². The number of aryl methyl sites for hydroxylation is 1. The average molecular weight is 584 g/mol. The summed E-state index contributed by atoms with van der Waals surface area (Å²) in [5.74, 6) is -0.188. The van der Waals surface area contributed by atoms with Gasteiger partial charge in [0.2, 0.25) is 11.0 Å². The number of anilines is 3. The van der Waals surface area contributed by atoms with Gasteiger partial charge in [-0.2, -0.15) is 0 Å². The molecule has 2 heterocycles. The molecule has 0 saturated heterocycles. The Morgan fingerprint density at radius 3 is 2.55 bits per heavy atom. The van der Waals surface area contributed by atoms with Gasteiger partial charge in [-0.3, -0.25) is 15.0 Å². The van der Waals surface area contributed by atoms with Crippen molar-refractivity contribution in [2.75, 3.05) is 15.5 Å². The van der Waals surface area contributed by atoms with Crippen molar-refractivity contribution in [3.05, 3.63) is 114 Å². The van der Waals surface area contributed by atoms with Crippen molar-refractivity contribution in [1.82, 2.24) is 10.2 Å². The Bertz CT molecular complexity index is 1600. The van der Waals surface area contributed by atoms with Crippen LogP contribution >= 0.6 is 34.9 Å². The molecule has 7 nitrogen and oxygen atoms in total. The Morgan fingerprint density at radius 2 is 1.73 bits per heavy atom. The Morgan fingerprint density at radius 1 is 0.925 bits per heavy atom. The fraction of sp³-hybridized carbons (Fsp3) is 0.133. The van der Waals surface area contributed by atoms with Crippen LogP contribution in [-0.4, -0.2) is 33.4 Å². The quantitative estimate of drug-likeness (QED) is 0.231. The van der Waals surface area contributed by atoms with Crippen LogP contribution in [0.1, 0.15) is 15.8 Å². The summed E-state index contributed by atoms with van der Waals surface area (Å²) in [6.07, 6.45) is 8.23. The molecule has 1 aliphatic heterocycles. The highest BCUT2D eigenvalue weighted by Gasteiger charge is 2.36. The predicted molar refractivity (Wildman–Crippen MR) is 164 cm³/mol. The molecule has 2 aliphatic rings. The van der Waals surface area contributed by atoms with Gasteiger partial charge in [-0.05, 0) is 42.8 Å². The number of carbonyl (C=O) groups excluding carboxylic acids is 2. The van der Waals surface area contributed by atoms with E-state index in [0.29, 0.717) is 10.8 Å². The van der Waals surface area contributed by atoms with Gasteiger partial charge >= 0.3 is 6.03 Å². The lowest BCUT2D eigenvalue weighted by molar-refractivity contribution is -0.115. The van der Waals surface area contributed by atoms with E-state index in [-0.39, 0.29) is 23.2 Å². The highest BCUT2D eigenvalue weighted by Crippen LogP contribution is 2.44. The maximum Gasteiger partial charge on any atom is 0.326 e. The first kappa shape index (κ1) is 26.4. The minimum atomic E-state index is -0.526. The van der Waals surface area contributed by atoms with Gasteiger partial charge in [0.1, 0.15) is 10.3 Å². The number of fused-ring (bicyclic) bond motifs is 2. The molecule has 6 rings (SSSR count). The molecule has 10 heteroatoms. The normalized spacial score (nSPS) is 18.0. The summed E-state index contributed by atoms with van der Waals surface area (Å²) in [7, 11) is 0. The first-order chi connectivity index (χ1) is 19.5. The summed E-state index contributed by atoms with van der Waals surface area (Å²) in [6, 6.07) is 24.9. The van der Waals surface area contributed by atoms with Gasteiger partial charge in [0.15, 0.2) is 0 Å². The molecular formula is C30H25N5O2S3. The third-order valence-electron chi connectivity index (χ3n) is 6.40. The molecule has 3 aromatic carbocycles. The van der Waals surface area contributed by atoms with Gasteiger partial charge in [0.05, 0.1) is 17.0 Å². The maximum atomic E-state index is 13.7. The van der Waals surface area contributed by atoms with Crippen molar-refractivity contribution >= 4 is 63.3 Å². The zero-order valence-corrected chi connectivity index (χ0v) is 23.9. The summed E-state index contributed by atoms with van der Waals surface area (Å²) < 4.78 is 0. The molecule has 40 heavy (non-hydrogen) atoms. The number of hydrogen-bond donors (Lipinski definition) is 2. The number of benzene rings is 3. The summed E-state index contributed by atoms with van der Waals surface area (Å²) in [5.41, 5.74) is 2.42. The second-order valence-electron chi connectivity index (χ2n) is 9.16. The molecule has 0 spiro atoms. The molecule has 0 fully saturated rings. The minimum Gasteiger partial charge on any atom is -0.307 e. The molecule has 4 aromatic rings. The minimum absolute atomic E-state index is 0.0856. The largest absolute Gasteiger partial charge is 0.326 e. The van der Waals surface area contributed by atoms with E-state index in [2.05, 4.69) is 39.0 Å². The van der Waals surface area contributed by atoms with E-state index in [0.717, 1.165) is 26.0 Å². The molecule has 3 atom stereocenters. The lowest BCUT2D eigenvalue weighted by Gasteiger charge is -2.40. The Hall–Kier alpha value is -3.86. The van der Waals surface area contributed by atoms with E-state index in [9.17, 15) is 9.59 Å². The van der Waals surface area contributed by atoms with E-state index < -0.39 is 5.25 Å². The van der Waals surface area contributed by atoms with Gasteiger partial charge in [-0.1, -0.05) is 84.2 Å². The van der Waals surface area contributed by atoms with Gasteiger partial charge in [-0.25, -0.2) is 4.79 Å². The summed E-state index contributed by atoms with van der Waals surface area (Å²) in [4.78, 5) is 30.8. The maximum absolute atomic E-state index is 13.7. The van der Waals surface area contributed by atoms with Gasteiger partial charge in [0, 0.05) is 15.5 Å². The molecule has 3 amide bonds. The highest BCUT2D eigenvalue weighted by atomic mass is 32.2.